The Balaban J connectivity index is 1.46. The Bertz CT molecular complexity index is 1330. The minimum atomic E-state index is -1.00. The van der Waals surface area contributed by atoms with Crippen LogP contribution in [0.4, 0.5) is 0 Å². The van der Waals surface area contributed by atoms with E-state index in [2.05, 4.69) is 41.6 Å². The van der Waals surface area contributed by atoms with Gasteiger partial charge < -0.3 is 5.11 Å². The number of aromatic nitrogens is 4. The van der Waals surface area contributed by atoms with Crippen molar-refractivity contribution in [3.05, 3.63) is 88.7 Å². The van der Waals surface area contributed by atoms with Crippen molar-refractivity contribution in [3.63, 3.8) is 0 Å². The van der Waals surface area contributed by atoms with Gasteiger partial charge in [-0.1, -0.05) is 39.8 Å². The molecule has 0 saturated heterocycles. The molecular formula is C23H17BrN6O3S. The van der Waals surface area contributed by atoms with Gasteiger partial charge in [0.2, 0.25) is 0 Å². The number of hydrazone groups is 1. The highest BCUT2D eigenvalue weighted by Crippen LogP contribution is 2.28. The zero-order valence-corrected chi connectivity index (χ0v) is 19.9. The van der Waals surface area contributed by atoms with Crippen LogP contribution in [0.5, 0.6) is 0 Å². The number of aromatic carboxylic acids is 1. The van der Waals surface area contributed by atoms with Crippen molar-refractivity contribution in [1.29, 1.82) is 0 Å². The SMILES string of the molecule is O=C(CSc1nnc(-c2ccncc2)n1-c1ccc(Br)cc1)N/N=C\c1ccc(C(=O)O)cc1. The molecule has 9 nitrogen and oxygen atoms in total. The summed E-state index contributed by atoms with van der Waals surface area (Å²) in [5.41, 5.74) is 5.01. The Kier molecular flexibility index (Phi) is 7.45. The van der Waals surface area contributed by atoms with Crippen LogP contribution in [0.15, 0.2) is 87.8 Å². The van der Waals surface area contributed by atoms with Crippen molar-refractivity contribution < 1.29 is 14.7 Å². The van der Waals surface area contributed by atoms with Gasteiger partial charge in [-0.05, 0) is 54.1 Å². The summed E-state index contributed by atoms with van der Waals surface area (Å²) in [6.07, 6.45) is 4.81. The summed E-state index contributed by atoms with van der Waals surface area (Å²) >= 11 is 4.68. The van der Waals surface area contributed by atoms with E-state index in [9.17, 15) is 9.59 Å². The maximum atomic E-state index is 12.3. The lowest BCUT2D eigenvalue weighted by Crippen LogP contribution is -2.20. The van der Waals surface area contributed by atoms with E-state index in [-0.39, 0.29) is 17.2 Å². The number of carbonyl (C=O) groups excluding carboxylic acids is 1. The third kappa shape index (κ3) is 5.74. The first kappa shape index (κ1) is 23.3. The third-order valence-electron chi connectivity index (χ3n) is 4.55. The number of pyridine rings is 1. The van der Waals surface area contributed by atoms with Gasteiger partial charge in [0.25, 0.3) is 5.91 Å². The van der Waals surface area contributed by atoms with E-state index in [1.807, 2.05) is 41.0 Å². The monoisotopic (exact) mass is 536 g/mol. The van der Waals surface area contributed by atoms with Crippen molar-refractivity contribution in [2.75, 3.05) is 5.75 Å². The average Bonchev–Trinajstić information content (AvgIpc) is 3.28. The molecule has 170 valence electrons. The van der Waals surface area contributed by atoms with Gasteiger partial charge in [-0.25, -0.2) is 10.2 Å². The van der Waals surface area contributed by atoms with Gasteiger partial charge in [-0.3, -0.25) is 14.3 Å². The Morgan fingerprint density at radius 3 is 2.41 bits per heavy atom. The minimum Gasteiger partial charge on any atom is -0.478 e. The first-order valence-corrected chi connectivity index (χ1v) is 11.7. The number of rotatable bonds is 8. The molecule has 34 heavy (non-hydrogen) atoms. The van der Waals surface area contributed by atoms with Gasteiger partial charge >= 0.3 is 5.97 Å². The molecule has 0 bridgehead atoms. The van der Waals surface area contributed by atoms with E-state index in [0.717, 1.165) is 15.7 Å². The van der Waals surface area contributed by atoms with Crippen LogP contribution in [0.2, 0.25) is 0 Å². The van der Waals surface area contributed by atoms with Crippen LogP contribution in [-0.4, -0.2) is 48.7 Å². The number of hydrogen-bond donors (Lipinski definition) is 2. The summed E-state index contributed by atoms with van der Waals surface area (Å²) < 4.78 is 2.83. The van der Waals surface area contributed by atoms with Gasteiger partial charge in [0, 0.05) is 28.1 Å². The maximum absolute atomic E-state index is 12.3. The van der Waals surface area contributed by atoms with E-state index in [1.165, 1.54) is 30.1 Å². The number of benzene rings is 2. The standard InChI is InChI=1S/C23H17BrN6O3S/c24-18-5-7-19(8-6-18)30-21(16-9-11-25-12-10-16)28-29-23(30)34-14-20(31)27-26-13-15-1-3-17(4-2-15)22(32)33/h1-13H,14H2,(H,27,31)(H,32,33)/b26-13-. The highest BCUT2D eigenvalue weighted by molar-refractivity contribution is 9.10. The number of thioether (sulfide) groups is 1. The van der Waals surface area contributed by atoms with Gasteiger partial charge in [0.1, 0.15) is 0 Å². The van der Waals surface area contributed by atoms with E-state index in [0.29, 0.717) is 16.5 Å². The zero-order valence-electron chi connectivity index (χ0n) is 17.5. The van der Waals surface area contributed by atoms with Crippen LogP contribution in [0, 0.1) is 0 Å². The van der Waals surface area contributed by atoms with E-state index in [4.69, 9.17) is 5.11 Å². The first-order chi connectivity index (χ1) is 16.5. The number of carboxylic acid groups (broad SMARTS) is 1. The number of carboxylic acids is 1. The number of nitrogens with zero attached hydrogens (tertiary/aromatic N) is 5. The van der Waals surface area contributed by atoms with E-state index in [1.54, 1.807) is 24.5 Å². The molecule has 0 saturated carbocycles. The van der Waals surface area contributed by atoms with Crippen LogP contribution in [0.3, 0.4) is 0 Å². The van der Waals surface area contributed by atoms with Crippen LogP contribution in [0.25, 0.3) is 17.1 Å². The summed E-state index contributed by atoms with van der Waals surface area (Å²) in [7, 11) is 0. The van der Waals surface area contributed by atoms with Crippen molar-refractivity contribution >= 4 is 45.8 Å². The lowest BCUT2D eigenvalue weighted by Gasteiger charge is -2.10. The second kappa shape index (κ2) is 10.9. The second-order valence-electron chi connectivity index (χ2n) is 6.86. The second-order valence-corrected chi connectivity index (χ2v) is 8.72. The molecule has 0 fully saturated rings. The number of nitrogens with one attached hydrogen (secondary N) is 1. The lowest BCUT2D eigenvalue weighted by molar-refractivity contribution is -0.118. The zero-order chi connectivity index (χ0) is 23.9. The fourth-order valence-corrected chi connectivity index (χ4v) is 3.94. The molecule has 0 radical (unpaired) electrons. The highest BCUT2D eigenvalue weighted by Gasteiger charge is 2.17. The predicted molar refractivity (Wildman–Crippen MR) is 132 cm³/mol. The molecule has 0 aliphatic carbocycles. The number of carbonyl (C=O) groups is 2. The molecule has 11 heteroatoms. The molecule has 0 aliphatic rings. The van der Waals surface area contributed by atoms with Gasteiger partial charge in [0.05, 0.1) is 17.5 Å². The molecule has 2 aromatic carbocycles. The Morgan fingerprint density at radius 2 is 1.74 bits per heavy atom. The van der Waals surface area contributed by atoms with Crippen molar-refractivity contribution in [2.45, 2.75) is 5.16 Å². The first-order valence-electron chi connectivity index (χ1n) is 9.91. The van der Waals surface area contributed by atoms with Crippen molar-refractivity contribution in [1.82, 2.24) is 25.2 Å². The highest BCUT2D eigenvalue weighted by atomic mass is 79.9. The molecule has 2 heterocycles. The van der Waals surface area contributed by atoms with Gasteiger partial charge in [-0.15, -0.1) is 10.2 Å². The number of hydrogen-bond acceptors (Lipinski definition) is 7. The van der Waals surface area contributed by atoms with Crippen LogP contribution < -0.4 is 5.43 Å². The fraction of sp³-hybridized carbons (Fsp3) is 0.0435. The molecule has 4 rings (SSSR count). The average molecular weight is 537 g/mol. The molecule has 2 N–H and O–H groups in total. The quantitative estimate of drug-likeness (QED) is 0.198. The topological polar surface area (TPSA) is 122 Å². The van der Waals surface area contributed by atoms with E-state index >= 15 is 0 Å². The van der Waals surface area contributed by atoms with Crippen LogP contribution in [-0.2, 0) is 4.79 Å². The normalized spacial score (nSPS) is 11.0. The fourth-order valence-electron chi connectivity index (χ4n) is 2.93. The molecule has 0 atom stereocenters. The maximum Gasteiger partial charge on any atom is 0.335 e. The summed E-state index contributed by atoms with van der Waals surface area (Å²) in [5, 5.41) is 22.0. The number of halogens is 1. The van der Waals surface area contributed by atoms with E-state index < -0.39 is 5.97 Å². The number of amides is 1. The van der Waals surface area contributed by atoms with Gasteiger partial charge in [-0.2, -0.15) is 5.10 Å². The molecule has 4 aromatic rings. The Morgan fingerprint density at radius 1 is 1.03 bits per heavy atom. The predicted octanol–water partition coefficient (Wildman–Crippen LogP) is 4.03. The largest absolute Gasteiger partial charge is 0.478 e. The lowest BCUT2D eigenvalue weighted by atomic mass is 10.1. The Labute approximate surface area is 207 Å². The smallest absolute Gasteiger partial charge is 0.335 e. The minimum absolute atomic E-state index is 0.0697. The third-order valence-corrected chi connectivity index (χ3v) is 6.01. The summed E-state index contributed by atoms with van der Waals surface area (Å²) in [5.74, 6) is -0.619. The molecule has 0 spiro atoms. The molecule has 0 aliphatic heterocycles. The summed E-state index contributed by atoms with van der Waals surface area (Å²) in [6.45, 7) is 0. The van der Waals surface area contributed by atoms with Crippen molar-refractivity contribution in [2.24, 2.45) is 5.10 Å². The molecule has 0 unspecified atom stereocenters. The Hall–Kier alpha value is -3.83. The molecule has 2 aromatic heterocycles. The summed E-state index contributed by atoms with van der Waals surface area (Å²) in [6, 6.07) is 17.5. The van der Waals surface area contributed by atoms with Gasteiger partial charge in [0.15, 0.2) is 11.0 Å². The van der Waals surface area contributed by atoms with Crippen LogP contribution in [0.1, 0.15) is 15.9 Å². The molecule has 1 amide bonds. The summed E-state index contributed by atoms with van der Waals surface area (Å²) in [4.78, 5) is 27.3. The molecular weight excluding hydrogens is 520 g/mol. The van der Waals surface area contributed by atoms with Crippen molar-refractivity contribution in [3.8, 4) is 17.1 Å². The van der Waals surface area contributed by atoms with Crippen LogP contribution >= 0.6 is 27.7 Å².